The number of hydrazone groups is 1. The second-order valence-electron chi connectivity index (χ2n) is 5.38. The zero-order valence-electron chi connectivity index (χ0n) is 12.1. The van der Waals surface area contributed by atoms with Gasteiger partial charge in [-0.15, -0.1) is 0 Å². The van der Waals surface area contributed by atoms with Gasteiger partial charge in [-0.2, -0.15) is 5.10 Å². The minimum absolute atomic E-state index is 0.0286. The maximum absolute atomic E-state index is 11.8. The molecule has 0 aliphatic carbocycles. The van der Waals surface area contributed by atoms with Gasteiger partial charge in [0.05, 0.1) is 0 Å². The number of rotatable bonds is 6. The highest BCUT2D eigenvalue weighted by atomic mass is 16.2. The summed E-state index contributed by atoms with van der Waals surface area (Å²) in [4.78, 5) is 29.4. The van der Waals surface area contributed by atoms with Crippen molar-refractivity contribution in [3.05, 3.63) is 0 Å². The average Bonchev–Trinajstić information content (AvgIpc) is 2.72. The number of hydrogen-bond donors (Lipinski definition) is 0. The molecular formula is C13H23N5O2. The summed E-state index contributed by atoms with van der Waals surface area (Å²) in [5.74, 6) is -0.179. The Morgan fingerprint density at radius 1 is 1.10 bits per heavy atom. The van der Waals surface area contributed by atoms with Crippen molar-refractivity contribution in [2.75, 3.05) is 52.9 Å². The molecule has 7 heteroatoms. The van der Waals surface area contributed by atoms with Crippen molar-refractivity contribution in [1.29, 1.82) is 0 Å². The van der Waals surface area contributed by atoms with Gasteiger partial charge in [-0.3, -0.25) is 9.69 Å². The Bertz CT molecular complexity index is 379. The number of unbranched alkanes of at least 4 members (excludes halogenated alkanes) is 1. The summed E-state index contributed by atoms with van der Waals surface area (Å²) >= 11 is 0. The van der Waals surface area contributed by atoms with Crippen molar-refractivity contribution in [3.63, 3.8) is 0 Å². The molecule has 0 aromatic rings. The molecule has 0 aromatic carbocycles. The molecule has 2 saturated heterocycles. The molecule has 0 atom stereocenters. The molecule has 2 rings (SSSR count). The normalized spacial score (nSPS) is 21.9. The van der Waals surface area contributed by atoms with Crippen molar-refractivity contribution < 1.29 is 9.59 Å². The first-order chi connectivity index (χ1) is 9.61. The highest BCUT2D eigenvalue weighted by Gasteiger charge is 2.35. The number of amides is 3. The van der Waals surface area contributed by atoms with Crippen molar-refractivity contribution in [2.24, 2.45) is 5.10 Å². The Kier molecular flexibility index (Phi) is 5.08. The van der Waals surface area contributed by atoms with Gasteiger partial charge in [-0.25, -0.2) is 9.80 Å². The van der Waals surface area contributed by atoms with E-state index in [0.717, 1.165) is 50.6 Å². The maximum Gasteiger partial charge on any atom is 0.347 e. The molecule has 7 nitrogen and oxygen atoms in total. The van der Waals surface area contributed by atoms with Gasteiger partial charge in [-0.05, 0) is 26.4 Å². The Balaban J connectivity index is 1.65. The van der Waals surface area contributed by atoms with Crippen LogP contribution < -0.4 is 0 Å². The summed E-state index contributed by atoms with van der Waals surface area (Å²) in [6.45, 7) is 9.27. The zero-order chi connectivity index (χ0) is 14.5. The topological polar surface area (TPSA) is 59.5 Å². The van der Waals surface area contributed by atoms with Gasteiger partial charge < -0.3 is 9.80 Å². The van der Waals surface area contributed by atoms with Crippen LogP contribution in [0, 0.1) is 0 Å². The van der Waals surface area contributed by atoms with E-state index in [1.165, 1.54) is 4.90 Å². The van der Waals surface area contributed by atoms with Gasteiger partial charge in [0.1, 0.15) is 6.54 Å². The predicted octanol–water partition coefficient (Wildman–Crippen LogP) is -0.106. The molecular weight excluding hydrogens is 258 g/mol. The first-order valence-electron chi connectivity index (χ1n) is 7.11. The van der Waals surface area contributed by atoms with Gasteiger partial charge in [0, 0.05) is 39.4 Å². The van der Waals surface area contributed by atoms with E-state index in [0.29, 0.717) is 6.54 Å². The second kappa shape index (κ2) is 6.81. The molecule has 2 heterocycles. The largest absolute Gasteiger partial charge is 0.347 e. The third kappa shape index (κ3) is 3.55. The van der Waals surface area contributed by atoms with E-state index in [2.05, 4.69) is 28.7 Å². The third-order valence-corrected chi connectivity index (χ3v) is 3.91. The van der Waals surface area contributed by atoms with Crippen LogP contribution in [0.25, 0.3) is 0 Å². The van der Waals surface area contributed by atoms with E-state index in [1.807, 2.05) is 0 Å². The number of nitrogens with zero attached hydrogens (tertiary/aromatic N) is 5. The summed E-state index contributed by atoms with van der Waals surface area (Å²) in [5, 5.41) is 4.65. The predicted molar refractivity (Wildman–Crippen MR) is 76.5 cm³/mol. The summed E-state index contributed by atoms with van der Waals surface area (Å²) in [6.07, 6.45) is 1.84. The Morgan fingerprint density at radius 2 is 1.75 bits per heavy atom. The zero-order valence-corrected chi connectivity index (χ0v) is 12.1. The Morgan fingerprint density at radius 3 is 2.35 bits per heavy atom. The first-order valence-corrected chi connectivity index (χ1v) is 7.11. The monoisotopic (exact) mass is 281 g/mol. The fraction of sp³-hybridized carbons (Fsp3) is 0.769. The van der Waals surface area contributed by atoms with Crippen LogP contribution in [0.2, 0.25) is 0 Å². The van der Waals surface area contributed by atoms with E-state index in [-0.39, 0.29) is 18.5 Å². The molecule has 2 aliphatic rings. The van der Waals surface area contributed by atoms with E-state index in [9.17, 15) is 9.59 Å². The Hall–Kier alpha value is -1.47. The first kappa shape index (κ1) is 14.9. The quantitative estimate of drug-likeness (QED) is 0.387. The van der Waals surface area contributed by atoms with E-state index in [1.54, 1.807) is 0 Å². The van der Waals surface area contributed by atoms with Gasteiger partial charge in [0.15, 0.2) is 0 Å². The molecule has 2 fully saturated rings. The lowest BCUT2D eigenvalue weighted by Crippen LogP contribution is -2.44. The van der Waals surface area contributed by atoms with Crippen LogP contribution in [0.3, 0.4) is 0 Å². The molecule has 0 saturated carbocycles. The van der Waals surface area contributed by atoms with Crippen LogP contribution in [0.5, 0.6) is 0 Å². The average molecular weight is 281 g/mol. The molecule has 3 amide bonds. The van der Waals surface area contributed by atoms with E-state index < -0.39 is 0 Å². The molecule has 20 heavy (non-hydrogen) atoms. The lowest BCUT2D eigenvalue weighted by molar-refractivity contribution is -0.125. The number of imide groups is 1. The third-order valence-electron chi connectivity index (χ3n) is 3.91. The van der Waals surface area contributed by atoms with Crippen LogP contribution in [-0.4, -0.2) is 91.2 Å². The van der Waals surface area contributed by atoms with Crippen LogP contribution >= 0.6 is 0 Å². The lowest BCUT2D eigenvalue weighted by atomic mass is 10.2. The summed E-state index contributed by atoms with van der Waals surface area (Å²) in [7, 11) is 2.14. The van der Waals surface area contributed by atoms with Crippen LogP contribution in [0.15, 0.2) is 5.10 Å². The van der Waals surface area contributed by atoms with E-state index >= 15 is 0 Å². The molecule has 112 valence electrons. The lowest BCUT2D eigenvalue weighted by Gasteiger charge is -2.32. The van der Waals surface area contributed by atoms with Crippen molar-refractivity contribution in [3.8, 4) is 0 Å². The minimum atomic E-state index is -0.343. The number of piperazine rings is 1. The van der Waals surface area contributed by atoms with E-state index in [4.69, 9.17) is 0 Å². The fourth-order valence-electron chi connectivity index (χ4n) is 2.53. The van der Waals surface area contributed by atoms with Crippen molar-refractivity contribution in [2.45, 2.75) is 12.8 Å². The SMILES string of the molecule is C=NN1CC(=O)N(CCCCN2CCN(C)CC2)C1=O. The number of likely N-dealkylation sites (N-methyl/N-ethyl adjacent to an activating group) is 1. The van der Waals surface area contributed by atoms with Crippen LogP contribution in [0.4, 0.5) is 4.79 Å². The molecule has 0 radical (unpaired) electrons. The second-order valence-corrected chi connectivity index (χ2v) is 5.38. The number of carbonyl (C=O) groups is 2. The molecule has 0 unspecified atom stereocenters. The number of carbonyl (C=O) groups excluding carboxylic acids is 2. The highest BCUT2D eigenvalue weighted by molar-refractivity contribution is 6.01. The van der Waals surface area contributed by atoms with Crippen LogP contribution in [0.1, 0.15) is 12.8 Å². The molecule has 0 N–H and O–H groups in total. The summed E-state index contributed by atoms with van der Waals surface area (Å²) in [6, 6.07) is -0.343. The van der Waals surface area contributed by atoms with Crippen LogP contribution in [-0.2, 0) is 4.79 Å². The summed E-state index contributed by atoms with van der Waals surface area (Å²) in [5.41, 5.74) is 0. The van der Waals surface area contributed by atoms with Gasteiger partial charge >= 0.3 is 6.03 Å². The number of urea groups is 1. The van der Waals surface area contributed by atoms with Gasteiger partial charge in [0.2, 0.25) is 0 Å². The van der Waals surface area contributed by atoms with Gasteiger partial charge in [0.25, 0.3) is 5.91 Å². The van der Waals surface area contributed by atoms with Crippen molar-refractivity contribution in [1.82, 2.24) is 19.7 Å². The molecule has 0 bridgehead atoms. The highest BCUT2D eigenvalue weighted by Crippen LogP contribution is 2.11. The maximum atomic E-state index is 11.8. The smallest absolute Gasteiger partial charge is 0.304 e. The van der Waals surface area contributed by atoms with Gasteiger partial charge in [-0.1, -0.05) is 0 Å². The Labute approximate surface area is 119 Å². The molecule has 2 aliphatic heterocycles. The molecule has 0 spiro atoms. The van der Waals surface area contributed by atoms with Crippen molar-refractivity contribution >= 4 is 18.7 Å². The summed E-state index contributed by atoms with van der Waals surface area (Å²) < 4.78 is 0. The fourth-order valence-corrected chi connectivity index (χ4v) is 2.53. The molecule has 0 aromatic heterocycles. The number of hydrogen-bond acceptors (Lipinski definition) is 5. The standard InChI is InChI=1S/C13H23N5O2/c1-14-18-11-12(19)17(13(18)20)6-4-3-5-16-9-7-15(2)8-10-16/h1,3-11H2,2H3. The minimum Gasteiger partial charge on any atom is -0.304 e.